The summed E-state index contributed by atoms with van der Waals surface area (Å²) in [6.45, 7) is 10.4. The Morgan fingerprint density at radius 1 is 1.15 bits per heavy atom. The fourth-order valence-electron chi connectivity index (χ4n) is 2.86. The first-order valence-corrected chi connectivity index (χ1v) is 6.99. The van der Waals surface area contributed by atoms with Gasteiger partial charge in [0.25, 0.3) is 5.91 Å². The van der Waals surface area contributed by atoms with Gasteiger partial charge in [-0.2, -0.15) is 0 Å². The van der Waals surface area contributed by atoms with Crippen molar-refractivity contribution in [1.29, 1.82) is 0 Å². The van der Waals surface area contributed by atoms with Crippen molar-refractivity contribution in [3.05, 3.63) is 34.4 Å². The van der Waals surface area contributed by atoms with Crippen LogP contribution in [0.4, 0.5) is 4.79 Å². The topological polar surface area (TPSA) is 49.4 Å². The molecule has 1 aliphatic rings. The number of hydrogen-bond acceptors (Lipinski definition) is 2. The SMILES string of the molecule is CCC1(C)C(=O)NC(=O)N1Cc1c(C)cc(C)cc1C. The van der Waals surface area contributed by atoms with Gasteiger partial charge in [-0.3, -0.25) is 10.1 Å². The van der Waals surface area contributed by atoms with E-state index >= 15 is 0 Å². The van der Waals surface area contributed by atoms with Gasteiger partial charge in [-0.25, -0.2) is 4.79 Å². The zero-order valence-electron chi connectivity index (χ0n) is 12.8. The summed E-state index contributed by atoms with van der Waals surface area (Å²) in [5.74, 6) is -0.201. The molecule has 2 rings (SSSR count). The van der Waals surface area contributed by atoms with Gasteiger partial charge in [-0.15, -0.1) is 0 Å². The number of carbonyl (C=O) groups is 2. The van der Waals surface area contributed by atoms with Gasteiger partial charge < -0.3 is 4.90 Å². The third-order valence-electron chi connectivity index (χ3n) is 4.40. The van der Waals surface area contributed by atoms with Crippen LogP contribution in [0.2, 0.25) is 0 Å². The van der Waals surface area contributed by atoms with E-state index in [9.17, 15) is 9.59 Å². The molecule has 0 aromatic heterocycles. The lowest BCUT2D eigenvalue weighted by atomic mass is 9.94. The highest BCUT2D eigenvalue weighted by Crippen LogP contribution is 2.29. The van der Waals surface area contributed by atoms with E-state index in [1.165, 1.54) is 5.56 Å². The Bertz CT molecular complexity index is 557. The Kier molecular flexibility index (Phi) is 3.59. The van der Waals surface area contributed by atoms with Crippen LogP contribution in [0.25, 0.3) is 0 Å². The minimum atomic E-state index is -0.749. The van der Waals surface area contributed by atoms with Crippen molar-refractivity contribution in [1.82, 2.24) is 10.2 Å². The monoisotopic (exact) mass is 274 g/mol. The number of hydrogen-bond donors (Lipinski definition) is 1. The minimum Gasteiger partial charge on any atom is -0.306 e. The fourth-order valence-corrected chi connectivity index (χ4v) is 2.86. The normalized spacial score (nSPS) is 22.4. The lowest BCUT2D eigenvalue weighted by molar-refractivity contribution is -0.126. The van der Waals surface area contributed by atoms with Gasteiger partial charge in [0.05, 0.1) is 0 Å². The largest absolute Gasteiger partial charge is 0.325 e. The molecule has 1 aliphatic heterocycles. The van der Waals surface area contributed by atoms with E-state index in [4.69, 9.17) is 0 Å². The molecule has 0 radical (unpaired) electrons. The van der Waals surface area contributed by atoms with Crippen LogP contribution in [0.15, 0.2) is 12.1 Å². The predicted molar refractivity (Wildman–Crippen MR) is 78.4 cm³/mol. The molecule has 1 heterocycles. The number of urea groups is 1. The fraction of sp³-hybridized carbons (Fsp3) is 0.500. The van der Waals surface area contributed by atoms with Crippen molar-refractivity contribution >= 4 is 11.9 Å². The number of aryl methyl sites for hydroxylation is 3. The Labute approximate surface area is 120 Å². The second-order valence-electron chi connectivity index (χ2n) is 5.85. The average molecular weight is 274 g/mol. The van der Waals surface area contributed by atoms with Crippen LogP contribution < -0.4 is 5.32 Å². The van der Waals surface area contributed by atoms with Crippen LogP contribution in [0, 0.1) is 20.8 Å². The second-order valence-corrected chi connectivity index (χ2v) is 5.85. The summed E-state index contributed by atoms with van der Waals surface area (Å²) in [7, 11) is 0. The Hall–Kier alpha value is -1.84. The molecule has 3 amide bonds. The molecule has 1 N–H and O–H groups in total. The first kappa shape index (κ1) is 14.6. The number of nitrogens with zero attached hydrogens (tertiary/aromatic N) is 1. The van der Waals surface area contributed by atoms with E-state index in [1.807, 2.05) is 13.8 Å². The van der Waals surface area contributed by atoms with Crippen LogP contribution >= 0.6 is 0 Å². The van der Waals surface area contributed by atoms with Crippen molar-refractivity contribution in [3.8, 4) is 0 Å². The molecule has 4 heteroatoms. The van der Waals surface area contributed by atoms with Crippen molar-refractivity contribution in [2.24, 2.45) is 0 Å². The van der Waals surface area contributed by atoms with Gasteiger partial charge >= 0.3 is 6.03 Å². The number of rotatable bonds is 3. The molecule has 4 nitrogen and oxygen atoms in total. The molecule has 0 bridgehead atoms. The summed E-state index contributed by atoms with van der Waals surface area (Å²) in [4.78, 5) is 25.7. The van der Waals surface area contributed by atoms with Crippen molar-refractivity contribution in [3.63, 3.8) is 0 Å². The number of amides is 3. The molecule has 108 valence electrons. The zero-order chi connectivity index (χ0) is 15.1. The smallest absolute Gasteiger partial charge is 0.306 e. The highest BCUT2D eigenvalue weighted by Gasteiger charge is 2.47. The summed E-state index contributed by atoms with van der Waals surface area (Å²) in [6.07, 6.45) is 0.606. The standard InChI is InChI=1S/C16H22N2O2/c1-6-16(5)14(19)17-15(20)18(16)9-13-11(3)7-10(2)8-12(13)4/h7-8H,6,9H2,1-5H3,(H,17,19,20). The maximum Gasteiger partial charge on any atom is 0.325 e. The zero-order valence-corrected chi connectivity index (χ0v) is 12.8. The first-order chi connectivity index (χ1) is 9.29. The highest BCUT2D eigenvalue weighted by atomic mass is 16.2. The van der Waals surface area contributed by atoms with Gasteiger partial charge in [-0.1, -0.05) is 24.6 Å². The second kappa shape index (κ2) is 4.93. The van der Waals surface area contributed by atoms with Crippen LogP contribution in [-0.2, 0) is 11.3 Å². The Balaban J connectivity index is 2.39. The van der Waals surface area contributed by atoms with Gasteiger partial charge in [0, 0.05) is 6.54 Å². The van der Waals surface area contributed by atoms with Crippen molar-refractivity contribution in [2.45, 2.75) is 53.1 Å². The van der Waals surface area contributed by atoms with Crippen LogP contribution in [-0.4, -0.2) is 22.4 Å². The van der Waals surface area contributed by atoms with E-state index < -0.39 is 5.54 Å². The molecule has 0 aliphatic carbocycles. The van der Waals surface area contributed by atoms with E-state index in [0.717, 1.165) is 16.7 Å². The lowest BCUT2D eigenvalue weighted by Gasteiger charge is -2.31. The first-order valence-electron chi connectivity index (χ1n) is 6.99. The third kappa shape index (κ3) is 2.19. The summed E-state index contributed by atoms with van der Waals surface area (Å²) < 4.78 is 0. The molecule has 0 saturated carbocycles. The lowest BCUT2D eigenvalue weighted by Crippen LogP contribution is -2.46. The maximum absolute atomic E-state index is 12.0. The number of carbonyl (C=O) groups excluding carboxylic acids is 2. The van der Waals surface area contributed by atoms with Crippen molar-refractivity contribution in [2.75, 3.05) is 0 Å². The molecular weight excluding hydrogens is 252 g/mol. The molecule has 1 saturated heterocycles. The number of nitrogens with one attached hydrogen (secondary N) is 1. The molecule has 1 aromatic rings. The third-order valence-corrected chi connectivity index (χ3v) is 4.40. The average Bonchev–Trinajstić information content (AvgIpc) is 2.56. The summed E-state index contributed by atoms with van der Waals surface area (Å²) >= 11 is 0. The quantitative estimate of drug-likeness (QED) is 0.862. The minimum absolute atomic E-state index is 0.201. The van der Waals surface area contributed by atoms with Crippen LogP contribution in [0.5, 0.6) is 0 Å². The van der Waals surface area contributed by atoms with Crippen molar-refractivity contribution < 1.29 is 9.59 Å². The molecule has 1 aromatic carbocycles. The van der Waals surface area contributed by atoms with Gasteiger partial charge in [0.1, 0.15) is 5.54 Å². The summed E-state index contributed by atoms with van der Waals surface area (Å²) in [5, 5.41) is 2.43. The van der Waals surface area contributed by atoms with Gasteiger partial charge in [-0.05, 0) is 50.8 Å². The highest BCUT2D eigenvalue weighted by molar-refractivity contribution is 6.06. The summed E-state index contributed by atoms with van der Waals surface area (Å²) in [6, 6.07) is 3.93. The maximum atomic E-state index is 12.0. The molecular formula is C16H22N2O2. The molecule has 20 heavy (non-hydrogen) atoms. The number of benzene rings is 1. The molecule has 1 atom stereocenters. The Morgan fingerprint density at radius 2 is 1.70 bits per heavy atom. The number of imide groups is 1. The van der Waals surface area contributed by atoms with Crippen LogP contribution in [0.1, 0.15) is 42.5 Å². The molecule has 1 fully saturated rings. The predicted octanol–water partition coefficient (Wildman–Crippen LogP) is 2.83. The summed E-state index contributed by atoms with van der Waals surface area (Å²) in [5.41, 5.74) is 3.91. The van der Waals surface area contributed by atoms with Gasteiger partial charge in [0.2, 0.25) is 0 Å². The van der Waals surface area contributed by atoms with E-state index in [-0.39, 0.29) is 11.9 Å². The Morgan fingerprint density at radius 3 is 2.20 bits per heavy atom. The van der Waals surface area contributed by atoms with E-state index in [2.05, 4.69) is 38.2 Å². The van der Waals surface area contributed by atoms with Crippen LogP contribution in [0.3, 0.4) is 0 Å². The van der Waals surface area contributed by atoms with Gasteiger partial charge in [0.15, 0.2) is 0 Å². The van der Waals surface area contributed by atoms with E-state index in [0.29, 0.717) is 13.0 Å². The molecule has 0 spiro atoms. The van der Waals surface area contributed by atoms with E-state index in [1.54, 1.807) is 4.90 Å². The molecule has 1 unspecified atom stereocenters.